The van der Waals surface area contributed by atoms with E-state index in [0.29, 0.717) is 34.0 Å². The SMILES string of the molecule is CCc1c(O)cc(C)c(C(=O)O[P+](=O)c2ccccc2)c1C. The van der Waals surface area contributed by atoms with Gasteiger partial charge >= 0.3 is 14.0 Å². The number of aromatic hydroxyl groups is 1. The molecule has 2 aromatic rings. The van der Waals surface area contributed by atoms with Gasteiger partial charge in [-0.15, -0.1) is 0 Å². The topological polar surface area (TPSA) is 63.6 Å². The maximum atomic E-state index is 12.4. The molecule has 114 valence electrons. The fourth-order valence-electron chi connectivity index (χ4n) is 2.49. The zero-order valence-corrected chi connectivity index (χ0v) is 13.7. The van der Waals surface area contributed by atoms with Crippen molar-refractivity contribution in [2.24, 2.45) is 0 Å². The molecule has 0 saturated carbocycles. The van der Waals surface area contributed by atoms with Gasteiger partial charge in [0.1, 0.15) is 5.75 Å². The fraction of sp³-hybridized carbons (Fsp3) is 0.235. The molecule has 0 heterocycles. The third-order valence-electron chi connectivity index (χ3n) is 3.57. The second-order valence-corrected chi connectivity index (χ2v) is 6.23. The maximum Gasteiger partial charge on any atom is 0.600 e. The first-order chi connectivity index (χ1) is 10.5. The molecule has 0 aliphatic carbocycles. The zero-order valence-electron chi connectivity index (χ0n) is 12.8. The van der Waals surface area contributed by atoms with Crippen LogP contribution in [0.4, 0.5) is 0 Å². The van der Waals surface area contributed by atoms with E-state index in [9.17, 15) is 14.5 Å². The Morgan fingerprint density at radius 2 is 1.86 bits per heavy atom. The minimum atomic E-state index is -2.25. The summed E-state index contributed by atoms with van der Waals surface area (Å²) in [5, 5.41) is 10.4. The van der Waals surface area contributed by atoms with Crippen LogP contribution >= 0.6 is 8.03 Å². The maximum absolute atomic E-state index is 12.4. The molecule has 0 bridgehead atoms. The highest BCUT2D eigenvalue weighted by Crippen LogP contribution is 2.31. The largest absolute Gasteiger partial charge is 0.600 e. The molecular formula is C17H18O4P+. The molecule has 0 aromatic heterocycles. The van der Waals surface area contributed by atoms with Gasteiger partial charge in [-0.1, -0.05) is 25.1 Å². The minimum Gasteiger partial charge on any atom is -0.508 e. The Morgan fingerprint density at radius 1 is 1.23 bits per heavy atom. The lowest BCUT2D eigenvalue weighted by molar-refractivity contribution is 0.0750. The Kier molecular flexibility index (Phi) is 4.94. The van der Waals surface area contributed by atoms with Crippen molar-refractivity contribution in [3.05, 3.63) is 58.7 Å². The van der Waals surface area contributed by atoms with E-state index in [1.54, 1.807) is 44.2 Å². The summed E-state index contributed by atoms with van der Waals surface area (Å²) in [6.45, 7) is 5.38. The molecule has 0 aliphatic rings. The predicted octanol–water partition coefficient (Wildman–Crippen LogP) is 3.80. The van der Waals surface area contributed by atoms with Crippen LogP contribution < -0.4 is 5.30 Å². The van der Waals surface area contributed by atoms with Crippen molar-refractivity contribution in [3.63, 3.8) is 0 Å². The van der Waals surface area contributed by atoms with Crippen molar-refractivity contribution < 1.29 is 19.0 Å². The van der Waals surface area contributed by atoms with Gasteiger partial charge in [0.15, 0.2) is 0 Å². The molecule has 4 nitrogen and oxygen atoms in total. The summed E-state index contributed by atoms with van der Waals surface area (Å²) in [6.07, 6.45) is 0.600. The standard InChI is InChI=1S/C17H17O4P/c1-4-14-12(3)16(11(2)10-15(14)18)17(19)21-22(20)13-8-6-5-7-9-13/h5-10H,4H2,1-3H3/p+1. The molecule has 0 radical (unpaired) electrons. The number of carbonyl (C=O) groups is 1. The van der Waals surface area contributed by atoms with Crippen LogP contribution in [0, 0.1) is 13.8 Å². The number of hydrogen-bond acceptors (Lipinski definition) is 4. The molecular weight excluding hydrogens is 299 g/mol. The third-order valence-corrected chi connectivity index (χ3v) is 4.63. The van der Waals surface area contributed by atoms with Crippen molar-refractivity contribution in [1.29, 1.82) is 0 Å². The van der Waals surface area contributed by atoms with E-state index < -0.39 is 14.0 Å². The molecule has 5 heteroatoms. The lowest BCUT2D eigenvalue weighted by atomic mass is 9.95. The summed E-state index contributed by atoms with van der Waals surface area (Å²) >= 11 is 0. The molecule has 0 amide bonds. The van der Waals surface area contributed by atoms with E-state index in [2.05, 4.69) is 0 Å². The van der Waals surface area contributed by atoms with Gasteiger partial charge in [0.25, 0.3) is 0 Å². The van der Waals surface area contributed by atoms with E-state index in [4.69, 9.17) is 4.52 Å². The molecule has 1 N–H and O–H groups in total. The Labute approximate surface area is 130 Å². The summed E-state index contributed by atoms with van der Waals surface area (Å²) in [6, 6.07) is 10.1. The predicted molar refractivity (Wildman–Crippen MR) is 86.1 cm³/mol. The fourth-order valence-corrected chi connectivity index (χ4v) is 3.25. The van der Waals surface area contributed by atoms with Crippen LogP contribution in [0.2, 0.25) is 0 Å². The molecule has 0 fully saturated rings. The molecule has 1 atom stereocenters. The second kappa shape index (κ2) is 6.71. The summed E-state index contributed by atoms with van der Waals surface area (Å²) < 4.78 is 17.2. The van der Waals surface area contributed by atoms with Gasteiger partial charge in [-0.2, -0.15) is 0 Å². The first kappa shape index (κ1) is 16.2. The monoisotopic (exact) mass is 317 g/mol. The van der Waals surface area contributed by atoms with E-state index >= 15 is 0 Å². The molecule has 22 heavy (non-hydrogen) atoms. The van der Waals surface area contributed by atoms with Crippen LogP contribution in [0.15, 0.2) is 36.4 Å². The van der Waals surface area contributed by atoms with Crippen molar-refractivity contribution in [1.82, 2.24) is 0 Å². The van der Waals surface area contributed by atoms with Gasteiger partial charge in [0.2, 0.25) is 5.30 Å². The number of phenols is 1. The third kappa shape index (κ3) is 3.18. The molecule has 0 saturated heterocycles. The normalized spacial score (nSPS) is 11.1. The minimum absolute atomic E-state index is 0.168. The van der Waals surface area contributed by atoms with Crippen LogP contribution in [0.1, 0.15) is 34.0 Å². The Hall–Kier alpha value is -2.19. The Bertz CT molecular complexity index is 723. The summed E-state index contributed by atoms with van der Waals surface area (Å²) in [4.78, 5) is 12.4. The molecule has 2 aromatic carbocycles. The van der Waals surface area contributed by atoms with E-state index in [1.165, 1.54) is 6.07 Å². The number of aryl methyl sites for hydroxylation is 1. The van der Waals surface area contributed by atoms with E-state index in [-0.39, 0.29) is 5.75 Å². The van der Waals surface area contributed by atoms with Crippen LogP contribution in [0.25, 0.3) is 0 Å². The zero-order chi connectivity index (χ0) is 16.3. The number of carbonyl (C=O) groups excluding carboxylic acids is 1. The van der Waals surface area contributed by atoms with Gasteiger partial charge in [0.05, 0.1) is 5.56 Å². The van der Waals surface area contributed by atoms with Gasteiger partial charge < -0.3 is 5.11 Å². The summed E-state index contributed by atoms with van der Waals surface area (Å²) in [7, 11) is -2.25. The van der Waals surface area contributed by atoms with E-state index in [1.807, 2.05) is 6.92 Å². The van der Waals surface area contributed by atoms with Gasteiger partial charge in [0, 0.05) is 0 Å². The molecule has 1 unspecified atom stereocenters. The molecule has 0 aliphatic heterocycles. The van der Waals surface area contributed by atoms with Crippen LogP contribution in [0.3, 0.4) is 0 Å². The molecule has 2 rings (SSSR count). The van der Waals surface area contributed by atoms with Crippen LogP contribution in [0.5, 0.6) is 5.75 Å². The smallest absolute Gasteiger partial charge is 0.508 e. The molecule has 0 spiro atoms. The quantitative estimate of drug-likeness (QED) is 0.871. The first-order valence-electron chi connectivity index (χ1n) is 7.02. The lowest BCUT2D eigenvalue weighted by Gasteiger charge is -2.12. The number of hydrogen-bond donors (Lipinski definition) is 1. The number of rotatable bonds is 4. The van der Waals surface area contributed by atoms with Crippen molar-refractivity contribution >= 4 is 19.3 Å². The Morgan fingerprint density at radius 3 is 2.45 bits per heavy atom. The van der Waals surface area contributed by atoms with Crippen molar-refractivity contribution in [2.75, 3.05) is 0 Å². The highest BCUT2D eigenvalue weighted by Gasteiger charge is 2.30. The first-order valence-corrected chi connectivity index (χ1v) is 8.20. The number of phenolic OH excluding ortho intramolecular Hbond substituents is 1. The lowest BCUT2D eigenvalue weighted by Crippen LogP contribution is -2.10. The highest BCUT2D eigenvalue weighted by molar-refractivity contribution is 7.49. The Balaban J connectivity index is 2.33. The second-order valence-electron chi connectivity index (χ2n) is 5.02. The van der Waals surface area contributed by atoms with Crippen LogP contribution in [-0.4, -0.2) is 11.1 Å². The van der Waals surface area contributed by atoms with Crippen molar-refractivity contribution in [3.8, 4) is 5.75 Å². The average molecular weight is 317 g/mol. The summed E-state index contributed by atoms with van der Waals surface area (Å²) in [5.74, 6) is -0.462. The van der Waals surface area contributed by atoms with Gasteiger partial charge in [-0.3, -0.25) is 0 Å². The van der Waals surface area contributed by atoms with Gasteiger partial charge in [-0.25, -0.2) is 9.32 Å². The average Bonchev–Trinajstić information content (AvgIpc) is 2.48. The van der Waals surface area contributed by atoms with E-state index in [0.717, 1.165) is 0 Å². The van der Waals surface area contributed by atoms with Gasteiger partial charge in [-0.05, 0) is 59.7 Å². The van der Waals surface area contributed by atoms with Crippen molar-refractivity contribution in [2.45, 2.75) is 27.2 Å². The summed E-state index contributed by atoms with van der Waals surface area (Å²) in [5.41, 5.74) is 2.34. The van der Waals surface area contributed by atoms with Crippen LogP contribution in [-0.2, 0) is 15.5 Å². The number of benzene rings is 2. The highest BCUT2D eigenvalue weighted by atomic mass is 31.1.